The van der Waals surface area contributed by atoms with Gasteiger partial charge in [0.25, 0.3) is 0 Å². The summed E-state index contributed by atoms with van der Waals surface area (Å²) in [6.07, 6.45) is 3.21. The van der Waals surface area contributed by atoms with E-state index in [1.165, 1.54) is 0 Å². The molecule has 1 fully saturated rings. The Morgan fingerprint density at radius 2 is 2.25 bits per heavy atom. The van der Waals surface area contributed by atoms with Gasteiger partial charge in [-0.05, 0) is 36.2 Å². The van der Waals surface area contributed by atoms with Crippen LogP contribution in [-0.2, 0) is 0 Å². The number of nitrogens with zero attached hydrogens (tertiary/aromatic N) is 1. The van der Waals surface area contributed by atoms with Gasteiger partial charge in [0.15, 0.2) is 0 Å². The lowest BCUT2D eigenvalue weighted by Gasteiger charge is -2.08. The second-order valence-electron chi connectivity index (χ2n) is 4.55. The molecule has 0 radical (unpaired) electrons. The van der Waals surface area contributed by atoms with Gasteiger partial charge in [-0.25, -0.2) is 0 Å². The lowest BCUT2D eigenvalue weighted by atomic mass is 9.99. The first-order valence-corrected chi connectivity index (χ1v) is 4.47. The van der Waals surface area contributed by atoms with E-state index in [9.17, 15) is 0 Å². The molecule has 0 aromatic rings. The maximum atomic E-state index is 8.72. The van der Waals surface area contributed by atoms with Gasteiger partial charge in [-0.3, -0.25) is 0 Å². The Bertz CT molecular complexity index is 276. The van der Waals surface area contributed by atoms with Crippen LogP contribution in [0.1, 0.15) is 27.2 Å². The molecule has 0 saturated heterocycles. The van der Waals surface area contributed by atoms with Gasteiger partial charge in [-0.1, -0.05) is 25.1 Å². The molecule has 2 aliphatic carbocycles. The molecule has 0 aliphatic heterocycles. The van der Waals surface area contributed by atoms with Gasteiger partial charge in [0, 0.05) is 0 Å². The summed E-state index contributed by atoms with van der Waals surface area (Å²) in [5.74, 6) is 1.44. The van der Waals surface area contributed by atoms with Crippen molar-refractivity contribution in [3.8, 4) is 0 Å². The third-order valence-electron chi connectivity index (χ3n) is 3.56. The van der Waals surface area contributed by atoms with Crippen LogP contribution >= 0.6 is 0 Å². The zero-order chi connectivity index (χ0) is 8.93. The fraction of sp³-hybridized carbons (Fsp3) is 0.700. The minimum atomic E-state index is 0.438. The van der Waals surface area contributed by atoms with Crippen LogP contribution in [-0.4, -0.2) is 10.9 Å². The third kappa shape index (κ3) is 0.838. The summed E-state index contributed by atoms with van der Waals surface area (Å²) >= 11 is 0. The van der Waals surface area contributed by atoms with E-state index in [1.54, 1.807) is 0 Å². The molecule has 2 heteroatoms. The Kier molecular flexibility index (Phi) is 1.39. The molecular weight excluding hydrogens is 150 g/mol. The minimum Gasteiger partial charge on any atom is -0.411 e. The molecule has 66 valence electrons. The monoisotopic (exact) mass is 165 g/mol. The van der Waals surface area contributed by atoms with Crippen LogP contribution in [0, 0.1) is 17.3 Å². The third-order valence-corrected chi connectivity index (χ3v) is 3.56. The molecule has 12 heavy (non-hydrogen) atoms. The van der Waals surface area contributed by atoms with Gasteiger partial charge in [0.1, 0.15) is 0 Å². The molecule has 0 spiro atoms. The maximum Gasteiger partial charge on any atom is 0.0824 e. The van der Waals surface area contributed by atoms with Crippen molar-refractivity contribution >= 4 is 5.71 Å². The molecule has 2 unspecified atom stereocenters. The van der Waals surface area contributed by atoms with Crippen LogP contribution < -0.4 is 0 Å². The fourth-order valence-corrected chi connectivity index (χ4v) is 2.36. The number of hydrogen-bond donors (Lipinski definition) is 1. The molecule has 2 nitrogen and oxygen atoms in total. The Morgan fingerprint density at radius 1 is 1.58 bits per heavy atom. The molecule has 1 saturated carbocycles. The number of rotatable bonds is 0. The molecular formula is C10H15NO. The van der Waals surface area contributed by atoms with Gasteiger partial charge in [0.2, 0.25) is 0 Å². The van der Waals surface area contributed by atoms with E-state index in [0.29, 0.717) is 11.3 Å². The van der Waals surface area contributed by atoms with E-state index in [-0.39, 0.29) is 0 Å². The highest BCUT2D eigenvalue weighted by Gasteiger charge is 2.57. The SMILES string of the molecule is CC1=CC2C(C/C1=N\O)C2(C)C. The number of oxime groups is 1. The second-order valence-corrected chi connectivity index (χ2v) is 4.55. The van der Waals surface area contributed by atoms with E-state index < -0.39 is 0 Å². The lowest BCUT2D eigenvalue weighted by molar-refractivity contribution is 0.317. The average Bonchev–Trinajstić information content (AvgIpc) is 2.52. The van der Waals surface area contributed by atoms with Crippen molar-refractivity contribution in [1.29, 1.82) is 0 Å². The first-order valence-electron chi connectivity index (χ1n) is 4.47. The van der Waals surface area contributed by atoms with Gasteiger partial charge in [-0.2, -0.15) is 0 Å². The van der Waals surface area contributed by atoms with E-state index >= 15 is 0 Å². The molecule has 1 N–H and O–H groups in total. The summed E-state index contributed by atoms with van der Waals surface area (Å²) in [4.78, 5) is 0. The van der Waals surface area contributed by atoms with Crippen molar-refractivity contribution in [3.63, 3.8) is 0 Å². The van der Waals surface area contributed by atoms with Gasteiger partial charge >= 0.3 is 0 Å². The number of fused-ring (bicyclic) bond motifs is 1. The van der Waals surface area contributed by atoms with Crippen LogP contribution in [0.5, 0.6) is 0 Å². The predicted octanol–water partition coefficient (Wildman–Crippen LogP) is 2.44. The first-order chi connectivity index (χ1) is 5.57. The summed E-state index contributed by atoms with van der Waals surface area (Å²) in [7, 11) is 0. The maximum absolute atomic E-state index is 8.72. The van der Waals surface area contributed by atoms with Crippen molar-refractivity contribution in [2.24, 2.45) is 22.4 Å². The molecule has 2 rings (SSSR count). The standard InChI is InChI=1S/C10H15NO/c1-6-4-7-8(10(7,2)3)5-9(6)11-12/h4,7-8,12H,5H2,1-3H3/b11-9+. The highest BCUT2D eigenvalue weighted by Crippen LogP contribution is 2.63. The fourth-order valence-electron chi connectivity index (χ4n) is 2.36. The van der Waals surface area contributed by atoms with Crippen molar-refractivity contribution in [2.75, 3.05) is 0 Å². The number of hydrogen-bond acceptors (Lipinski definition) is 2. The predicted molar refractivity (Wildman–Crippen MR) is 48.4 cm³/mol. The van der Waals surface area contributed by atoms with E-state index in [1.807, 2.05) is 6.92 Å². The highest BCUT2D eigenvalue weighted by atomic mass is 16.4. The highest BCUT2D eigenvalue weighted by molar-refractivity contribution is 6.00. The lowest BCUT2D eigenvalue weighted by Crippen LogP contribution is -2.07. The molecule has 0 amide bonds. The molecule has 0 aromatic heterocycles. The summed E-state index contributed by atoms with van der Waals surface area (Å²) in [5.41, 5.74) is 2.47. The Balaban J connectivity index is 2.28. The van der Waals surface area contributed by atoms with Crippen molar-refractivity contribution in [2.45, 2.75) is 27.2 Å². The summed E-state index contributed by atoms with van der Waals surface area (Å²) in [6, 6.07) is 0. The molecule has 0 heterocycles. The molecule has 0 bridgehead atoms. The van der Waals surface area contributed by atoms with Crippen molar-refractivity contribution in [1.82, 2.24) is 0 Å². The quantitative estimate of drug-likeness (QED) is 0.434. The van der Waals surface area contributed by atoms with Gasteiger partial charge in [-0.15, -0.1) is 0 Å². The topological polar surface area (TPSA) is 32.6 Å². The Labute approximate surface area is 73.0 Å². The summed E-state index contributed by atoms with van der Waals surface area (Å²) in [5, 5.41) is 12.0. The zero-order valence-electron chi connectivity index (χ0n) is 7.83. The Hall–Kier alpha value is -0.790. The van der Waals surface area contributed by atoms with E-state index in [4.69, 9.17) is 5.21 Å². The van der Waals surface area contributed by atoms with Crippen LogP contribution in [0.25, 0.3) is 0 Å². The number of allylic oxidation sites excluding steroid dienone is 2. The smallest absolute Gasteiger partial charge is 0.0824 e. The largest absolute Gasteiger partial charge is 0.411 e. The molecule has 0 aromatic carbocycles. The van der Waals surface area contributed by atoms with Gasteiger partial charge in [0.05, 0.1) is 5.71 Å². The summed E-state index contributed by atoms with van der Waals surface area (Å²) in [6.45, 7) is 6.60. The van der Waals surface area contributed by atoms with Crippen LogP contribution in [0.2, 0.25) is 0 Å². The van der Waals surface area contributed by atoms with E-state index in [0.717, 1.165) is 23.6 Å². The second kappa shape index (κ2) is 2.12. The van der Waals surface area contributed by atoms with E-state index in [2.05, 4.69) is 25.1 Å². The molecule has 2 aliphatic rings. The average molecular weight is 165 g/mol. The summed E-state index contributed by atoms with van der Waals surface area (Å²) < 4.78 is 0. The van der Waals surface area contributed by atoms with Crippen LogP contribution in [0.15, 0.2) is 16.8 Å². The normalized spacial score (nSPS) is 40.6. The first kappa shape index (κ1) is 7.84. The van der Waals surface area contributed by atoms with Crippen molar-refractivity contribution in [3.05, 3.63) is 11.6 Å². The molecule has 2 atom stereocenters. The Morgan fingerprint density at radius 3 is 2.83 bits per heavy atom. The van der Waals surface area contributed by atoms with Crippen LogP contribution in [0.4, 0.5) is 0 Å². The van der Waals surface area contributed by atoms with Crippen LogP contribution in [0.3, 0.4) is 0 Å². The minimum absolute atomic E-state index is 0.438. The van der Waals surface area contributed by atoms with Gasteiger partial charge < -0.3 is 5.21 Å². The zero-order valence-corrected chi connectivity index (χ0v) is 7.83. The van der Waals surface area contributed by atoms with Crippen molar-refractivity contribution < 1.29 is 5.21 Å².